The average molecular weight is 324 g/mol. The van der Waals surface area contributed by atoms with E-state index in [4.69, 9.17) is 0 Å². The molecule has 0 saturated heterocycles. The van der Waals surface area contributed by atoms with Gasteiger partial charge in [-0.2, -0.15) is 4.39 Å². The zero-order chi connectivity index (χ0) is 11.4. The predicted molar refractivity (Wildman–Crippen MR) is 60.3 cm³/mol. The van der Waals surface area contributed by atoms with Gasteiger partial charge in [-0.1, -0.05) is 12.1 Å². The Morgan fingerprint density at radius 2 is 1.80 bits per heavy atom. The van der Waals surface area contributed by atoms with E-state index in [1.807, 2.05) is 22.6 Å². The lowest BCUT2D eigenvalue weighted by molar-refractivity contribution is -0.137. The first kappa shape index (κ1) is 12.1. The van der Waals surface area contributed by atoms with Crippen molar-refractivity contribution in [3.63, 3.8) is 0 Å². The van der Waals surface area contributed by atoms with Crippen molar-refractivity contribution < 1.29 is 18.3 Å². The van der Waals surface area contributed by atoms with E-state index < -0.39 is 17.6 Å². The van der Waals surface area contributed by atoms with E-state index in [1.54, 1.807) is 12.1 Å². The summed E-state index contributed by atoms with van der Waals surface area (Å²) in [4.78, 5) is 10.7. The third-order valence-electron chi connectivity index (χ3n) is 1.65. The van der Waals surface area contributed by atoms with Crippen molar-refractivity contribution in [2.75, 3.05) is 7.11 Å². The molecule has 80 valence electrons. The van der Waals surface area contributed by atoms with Gasteiger partial charge < -0.3 is 4.74 Å². The van der Waals surface area contributed by atoms with Crippen LogP contribution in [0, 0.1) is 3.57 Å². The molecule has 15 heavy (non-hydrogen) atoms. The van der Waals surface area contributed by atoms with Gasteiger partial charge in [-0.3, -0.25) is 0 Å². The normalized spacial score (nSPS) is 12.0. The Hall–Kier alpha value is -0.980. The lowest BCUT2D eigenvalue weighted by Gasteiger charge is -2.00. The second-order valence-electron chi connectivity index (χ2n) is 2.63. The van der Waals surface area contributed by atoms with Gasteiger partial charge in [0.05, 0.1) is 7.11 Å². The SMILES string of the molecule is COC(=O)C(F)=C(F)c1ccc(I)cc1. The van der Waals surface area contributed by atoms with Crippen LogP contribution in [0.15, 0.2) is 30.1 Å². The maximum atomic E-state index is 13.3. The number of hydrogen-bond acceptors (Lipinski definition) is 2. The second kappa shape index (κ2) is 5.20. The van der Waals surface area contributed by atoms with Crippen LogP contribution in [-0.4, -0.2) is 13.1 Å². The third kappa shape index (κ3) is 2.98. The number of carbonyl (C=O) groups excluding carboxylic acids is 1. The molecule has 2 nitrogen and oxygen atoms in total. The lowest BCUT2D eigenvalue weighted by Crippen LogP contribution is -2.02. The molecule has 0 amide bonds. The highest BCUT2D eigenvalue weighted by atomic mass is 127. The van der Waals surface area contributed by atoms with Gasteiger partial charge in [0.2, 0.25) is 5.83 Å². The Labute approximate surface area is 99.1 Å². The molecule has 1 aromatic carbocycles. The average Bonchev–Trinajstić information content (AvgIpc) is 2.27. The summed E-state index contributed by atoms with van der Waals surface area (Å²) in [7, 11) is 0.989. The van der Waals surface area contributed by atoms with Crippen molar-refractivity contribution in [2.24, 2.45) is 0 Å². The molecular formula is C10H7F2IO2. The monoisotopic (exact) mass is 324 g/mol. The van der Waals surface area contributed by atoms with E-state index in [0.29, 0.717) is 0 Å². The van der Waals surface area contributed by atoms with Crippen molar-refractivity contribution >= 4 is 34.4 Å². The van der Waals surface area contributed by atoms with Gasteiger partial charge in [-0.05, 0) is 34.7 Å². The molecule has 0 radical (unpaired) electrons. The summed E-state index contributed by atoms with van der Waals surface area (Å²) in [6.45, 7) is 0. The summed E-state index contributed by atoms with van der Waals surface area (Å²) in [6.07, 6.45) is 0. The standard InChI is InChI=1S/C10H7F2IO2/c1-15-10(14)9(12)8(11)6-2-4-7(13)5-3-6/h2-5H,1H3. The minimum Gasteiger partial charge on any atom is -0.464 e. The number of methoxy groups -OCH3 is 1. The highest BCUT2D eigenvalue weighted by Crippen LogP contribution is 2.22. The fourth-order valence-electron chi connectivity index (χ4n) is 0.902. The summed E-state index contributed by atoms with van der Waals surface area (Å²) in [5.41, 5.74) is 0.0123. The highest BCUT2D eigenvalue weighted by molar-refractivity contribution is 14.1. The van der Waals surface area contributed by atoms with Crippen LogP contribution in [0.5, 0.6) is 0 Å². The predicted octanol–water partition coefficient (Wildman–Crippen LogP) is 3.07. The third-order valence-corrected chi connectivity index (χ3v) is 2.37. The molecule has 0 N–H and O–H groups in total. The van der Waals surface area contributed by atoms with Gasteiger partial charge in [-0.15, -0.1) is 0 Å². The Morgan fingerprint density at radius 3 is 2.27 bits per heavy atom. The van der Waals surface area contributed by atoms with Gasteiger partial charge >= 0.3 is 5.97 Å². The number of rotatable bonds is 2. The van der Waals surface area contributed by atoms with Crippen molar-refractivity contribution in [3.05, 3.63) is 39.2 Å². The van der Waals surface area contributed by atoms with Gasteiger partial charge in [0.25, 0.3) is 0 Å². The van der Waals surface area contributed by atoms with Crippen LogP contribution in [0.3, 0.4) is 0 Å². The van der Waals surface area contributed by atoms with Gasteiger partial charge in [0.15, 0.2) is 5.83 Å². The van der Waals surface area contributed by atoms with E-state index in [1.165, 1.54) is 12.1 Å². The molecule has 0 atom stereocenters. The molecule has 1 aromatic rings. The fourth-order valence-corrected chi connectivity index (χ4v) is 1.26. The highest BCUT2D eigenvalue weighted by Gasteiger charge is 2.17. The van der Waals surface area contributed by atoms with Crippen molar-refractivity contribution in [1.82, 2.24) is 0 Å². The molecule has 0 fully saturated rings. The number of ether oxygens (including phenoxy) is 1. The zero-order valence-corrected chi connectivity index (χ0v) is 9.92. The first-order chi connectivity index (χ1) is 7.06. The summed E-state index contributed by atoms with van der Waals surface area (Å²) in [5, 5.41) is 0. The lowest BCUT2D eigenvalue weighted by atomic mass is 10.2. The van der Waals surface area contributed by atoms with Crippen LogP contribution in [-0.2, 0) is 9.53 Å². The van der Waals surface area contributed by atoms with Gasteiger partial charge in [0.1, 0.15) is 0 Å². The molecule has 0 saturated carbocycles. The van der Waals surface area contributed by atoms with Crippen LogP contribution < -0.4 is 0 Å². The Kier molecular flexibility index (Phi) is 4.19. The van der Waals surface area contributed by atoms with E-state index in [0.717, 1.165) is 10.7 Å². The largest absolute Gasteiger partial charge is 0.464 e. The van der Waals surface area contributed by atoms with E-state index >= 15 is 0 Å². The number of halogens is 3. The first-order valence-electron chi connectivity index (χ1n) is 3.95. The van der Waals surface area contributed by atoms with Crippen LogP contribution in [0.2, 0.25) is 0 Å². The molecule has 0 heterocycles. The van der Waals surface area contributed by atoms with Crippen LogP contribution in [0.4, 0.5) is 8.78 Å². The molecule has 0 spiro atoms. The molecule has 0 aliphatic rings. The first-order valence-corrected chi connectivity index (χ1v) is 5.03. The van der Waals surface area contributed by atoms with Crippen molar-refractivity contribution in [1.29, 1.82) is 0 Å². The zero-order valence-electron chi connectivity index (χ0n) is 7.76. The summed E-state index contributed by atoms with van der Waals surface area (Å²) < 4.78 is 31.3. The van der Waals surface area contributed by atoms with Crippen molar-refractivity contribution in [2.45, 2.75) is 0 Å². The quantitative estimate of drug-likeness (QED) is 0.475. The molecule has 5 heteroatoms. The maximum Gasteiger partial charge on any atom is 0.370 e. The Morgan fingerprint density at radius 1 is 1.27 bits per heavy atom. The van der Waals surface area contributed by atoms with Gasteiger partial charge in [0, 0.05) is 9.13 Å². The van der Waals surface area contributed by atoms with E-state index in [2.05, 4.69) is 4.74 Å². The molecule has 0 bridgehead atoms. The molecule has 0 unspecified atom stereocenters. The van der Waals surface area contributed by atoms with E-state index in [9.17, 15) is 13.6 Å². The van der Waals surface area contributed by atoms with Crippen LogP contribution in [0.1, 0.15) is 5.56 Å². The molecule has 0 aliphatic heterocycles. The summed E-state index contributed by atoms with van der Waals surface area (Å²) >= 11 is 2.03. The topological polar surface area (TPSA) is 26.3 Å². The van der Waals surface area contributed by atoms with Crippen LogP contribution in [0.25, 0.3) is 5.83 Å². The molecule has 0 aromatic heterocycles. The summed E-state index contributed by atoms with van der Waals surface area (Å²) in [5.74, 6) is -4.04. The van der Waals surface area contributed by atoms with E-state index in [-0.39, 0.29) is 5.56 Å². The molecule has 1 rings (SSSR count). The second-order valence-corrected chi connectivity index (χ2v) is 3.87. The Bertz CT molecular complexity index is 398. The summed E-state index contributed by atoms with van der Waals surface area (Å²) in [6, 6.07) is 6.00. The number of benzene rings is 1. The number of esters is 1. The molecule has 0 aliphatic carbocycles. The van der Waals surface area contributed by atoms with Gasteiger partial charge in [-0.25, -0.2) is 9.18 Å². The molecular weight excluding hydrogens is 317 g/mol. The minimum atomic E-state index is -1.52. The minimum absolute atomic E-state index is 0.0123. The number of carbonyl (C=O) groups is 1. The van der Waals surface area contributed by atoms with Crippen molar-refractivity contribution in [3.8, 4) is 0 Å². The maximum absolute atomic E-state index is 13.3. The Balaban J connectivity index is 3.07. The fraction of sp³-hybridized carbons (Fsp3) is 0.100. The number of hydrogen-bond donors (Lipinski definition) is 0. The smallest absolute Gasteiger partial charge is 0.370 e. The van der Waals surface area contributed by atoms with Crippen LogP contribution >= 0.6 is 22.6 Å².